The van der Waals surface area contributed by atoms with Crippen molar-refractivity contribution in [1.82, 2.24) is 5.43 Å². The van der Waals surface area contributed by atoms with Crippen LogP contribution in [-0.2, 0) is 0 Å². The molecule has 0 fully saturated rings. The third-order valence-corrected chi connectivity index (χ3v) is 3.53. The minimum absolute atomic E-state index is 0.330. The number of carbonyl (C=O) groups is 1. The van der Waals surface area contributed by atoms with Crippen molar-refractivity contribution >= 4 is 12.1 Å². The lowest BCUT2D eigenvalue weighted by molar-refractivity contribution is 0.0955. The highest BCUT2D eigenvalue weighted by atomic mass is 16.5. The Kier molecular flexibility index (Phi) is 6.84. The standard InChI is InChI=1S/C19H22N2O5/c1-5-26-15-9-6-13(7-10-15)19(22)21-20-12-14-8-11-16(23-2)18(25-4)17(14)24-3/h6-12H,5H2,1-4H3,(H,21,22)/b20-12-. The molecule has 7 nitrogen and oxygen atoms in total. The molecular formula is C19H22N2O5. The Morgan fingerprint density at radius 1 is 1.00 bits per heavy atom. The van der Waals surface area contributed by atoms with Crippen LogP contribution in [0, 0.1) is 0 Å². The lowest BCUT2D eigenvalue weighted by atomic mass is 10.2. The number of benzene rings is 2. The second-order valence-corrected chi connectivity index (χ2v) is 5.08. The average molecular weight is 358 g/mol. The van der Waals surface area contributed by atoms with Gasteiger partial charge in [0.15, 0.2) is 11.5 Å². The monoisotopic (exact) mass is 358 g/mol. The molecule has 0 aromatic heterocycles. The van der Waals surface area contributed by atoms with Gasteiger partial charge in [-0.3, -0.25) is 4.79 Å². The molecule has 1 amide bonds. The third kappa shape index (κ3) is 4.44. The quantitative estimate of drug-likeness (QED) is 0.580. The number of amides is 1. The lowest BCUT2D eigenvalue weighted by Gasteiger charge is -2.13. The Labute approximate surface area is 152 Å². The van der Waals surface area contributed by atoms with E-state index in [1.54, 1.807) is 43.5 Å². The molecule has 2 aromatic rings. The van der Waals surface area contributed by atoms with E-state index < -0.39 is 0 Å². The number of hydrazone groups is 1. The van der Waals surface area contributed by atoms with Gasteiger partial charge in [-0.2, -0.15) is 5.10 Å². The summed E-state index contributed by atoms with van der Waals surface area (Å²) in [5.74, 6) is 1.84. The van der Waals surface area contributed by atoms with Crippen LogP contribution in [0.4, 0.5) is 0 Å². The van der Waals surface area contributed by atoms with E-state index in [0.29, 0.717) is 40.7 Å². The highest BCUT2D eigenvalue weighted by Gasteiger charge is 2.14. The number of hydrogen-bond donors (Lipinski definition) is 1. The molecule has 0 bridgehead atoms. The maximum atomic E-state index is 12.1. The van der Waals surface area contributed by atoms with Crippen LogP contribution in [0.1, 0.15) is 22.8 Å². The van der Waals surface area contributed by atoms with Crippen molar-refractivity contribution in [3.05, 3.63) is 47.5 Å². The zero-order valence-electron chi connectivity index (χ0n) is 15.2. The molecule has 0 spiro atoms. The van der Waals surface area contributed by atoms with E-state index in [2.05, 4.69) is 10.5 Å². The van der Waals surface area contributed by atoms with Gasteiger partial charge in [0.25, 0.3) is 5.91 Å². The fraction of sp³-hybridized carbons (Fsp3) is 0.263. The predicted octanol–water partition coefficient (Wildman–Crippen LogP) is 2.88. The van der Waals surface area contributed by atoms with Crippen molar-refractivity contribution in [2.45, 2.75) is 6.92 Å². The molecule has 138 valence electrons. The first-order valence-electron chi connectivity index (χ1n) is 7.99. The number of carbonyl (C=O) groups excluding carboxylic acids is 1. The summed E-state index contributed by atoms with van der Waals surface area (Å²) >= 11 is 0. The molecule has 0 heterocycles. The SMILES string of the molecule is CCOc1ccc(C(=O)N/N=C\c2ccc(OC)c(OC)c2OC)cc1. The van der Waals surface area contributed by atoms with Gasteiger partial charge in [0.1, 0.15) is 5.75 Å². The van der Waals surface area contributed by atoms with E-state index >= 15 is 0 Å². The van der Waals surface area contributed by atoms with Crippen LogP contribution in [0.25, 0.3) is 0 Å². The van der Waals surface area contributed by atoms with Crippen LogP contribution in [0.3, 0.4) is 0 Å². The van der Waals surface area contributed by atoms with Crippen molar-refractivity contribution in [2.75, 3.05) is 27.9 Å². The van der Waals surface area contributed by atoms with E-state index in [4.69, 9.17) is 18.9 Å². The van der Waals surface area contributed by atoms with Crippen LogP contribution in [-0.4, -0.2) is 40.1 Å². The van der Waals surface area contributed by atoms with Crippen LogP contribution in [0.2, 0.25) is 0 Å². The molecule has 0 unspecified atom stereocenters. The Balaban J connectivity index is 2.11. The number of nitrogens with one attached hydrogen (secondary N) is 1. The summed E-state index contributed by atoms with van der Waals surface area (Å²) in [6.45, 7) is 2.47. The minimum Gasteiger partial charge on any atom is -0.494 e. The smallest absolute Gasteiger partial charge is 0.271 e. The predicted molar refractivity (Wildman–Crippen MR) is 98.8 cm³/mol. The molecule has 0 aliphatic rings. The third-order valence-electron chi connectivity index (χ3n) is 3.53. The summed E-state index contributed by atoms with van der Waals surface area (Å²) in [5.41, 5.74) is 3.59. The maximum Gasteiger partial charge on any atom is 0.271 e. The van der Waals surface area contributed by atoms with E-state index in [9.17, 15) is 4.79 Å². The van der Waals surface area contributed by atoms with Crippen LogP contribution < -0.4 is 24.4 Å². The van der Waals surface area contributed by atoms with Gasteiger partial charge in [0, 0.05) is 11.1 Å². The molecule has 0 saturated heterocycles. The van der Waals surface area contributed by atoms with Crippen LogP contribution >= 0.6 is 0 Å². The molecule has 0 atom stereocenters. The van der Waals surface area contributed by atoms with Crippen molar-refractivity contribution in [1.29, 1.82) is 0 Å². The lowest BCUT2D eigenvalue weighted by Crippen LogP contribution is -2.17. The van der Waals surface area contributed by atoms with E-state index in [1.807, 2.05) is 6.92 Å². The zero-order chi connectivity index (χ0) is 18.9. The van der Waals surface area contributed by atoms with E-state index in [0.717, 1.165) is 0 Å². The highest BCUT2D eigenvalue weighted by Crippen LogP contribution is 2.38. The second kappa shape index (κ2) is 9.31. The van der Waals surface area contributed by atoms with Gasteiger partial charge in [0.2, 0.25) is 5.75 Å². The molecule has 1 N–H and O–H groups in total. The van der Waals surface area contributed by atoms with E-state index in [1.165, 1.54) is 20.4 Å². The van der Waals surface area contributed by atoms with Crippen LogP contribution in [0.15, 0.2) is 41.5 Å². The first-order chi connectivity index (χ1) is 12.6. The topological polar surface area (TPSA) is 78.4 Å². The number of hydrogen-bond acceptors (Lipinski definition) is 6. The largest absolute Gasteiger partial charge is 0.494 e. The normalized spacial score (nSPS) is 10.5. The van der Waals surface area contributed by atoms with Crippen LogP contribution in [0.5, 0.6) is 23.0 Å². The summed E-state index contributed by atoms with van der Waals surface area (Å²) in [6.07, 6.45) is 1.48. The summed E-state index contributed by atoms with van der Waals surface area (Å²) in [4.78, 5) is 12.1. The molecule has 0 aliphatic heterocycles. The van der Waals surface area contributed by atoms with Gasteiger partial charge in [-0.05, 0) is 43.3 Å². The molecular weight excluding hydrogens is 336 g/mol. The first-order valence-corrected chi connectivity index (χ1v) is 7.99. The van der Waals surface area contributed by atoms with Gasteiger partial charge < -0.3 is 18.9 Å². The summed E-state index contributed by atoms with van der Waals surface area (Å²) < 4.78 is 21.3. The molecule has 7 heteroatoms. The molecule has 0 aliphatic carbocycles. The Morgan fingerprint density at radius 2 is 1.69 bits per heavy atom. The molecule has 0 saturated carbocycles. The van der Waals surface area contributed by atoms with Crippen molar-refractivity contribution in [3.8, 4) is 23.0 Å². The fourth-order valence-corrected chi connectivity index (χ4v) is 2.32. The van der Waals surface area contributed by atoms with Crippen molar-refractivity contribution < 1.29 is 23.7 Å². The first kappa shape index (κ1) is 19.1. The Bertz CT molecular complexity index is 772. The maximum absolute atomic E-state index is 12.1. The molecule has 26 heavy (non-hydrogen) atoms. The number of methoxy groups -OCH3 is 3. The fourth-order valence-electron chi connectivity index (χ4n) is 2.32. The van der Waals surface area contributed by atoms with Crippen molar-refractivity contribution in [2.24, 2.45) is 5.10 Å². The number of nitrogens with zero attached hydrogens (tertiary/aromatic N) is 1. The summed E-state index contributed by atoms with van der Waals surface area (Å²) in [5, 5.41) is 3.98. The van der Waals surface area contributed by atoms with Gasteiger partial charge in [-0.15, -0.1) is 0 Å². The number of ether oxygens (including phenoxy) is 4. The van der Waals surface area contributed by atoms with Gasteiger partial charge >= 0.3 is 0 Å². The average Bonchev–Trinajstić information content (AvgIpc) is 2.68. The Morgan fingerprint density at radius 3 is 2.27 bits per heavy atom. The highest BCUT2D eigenvalue weighted by molar-refractivity contribution is 5.95. The van der Waals surface area contributed by atoms with Gasteiger partial charge in [-0.25, -0.2) is 5.43 Å². The van der Waals surface area contributed by atoms with E-state index in [-0.39, 0.29) is 5.91 Å². The van der Waals surface area contributed by atoms with Gasteiger partial charge in [0.05, 0.1) is 34.2 Å². The summed E-state index contributed by atoms with van der Waals surface area (Å²) in [7, 11) is 4.59. The molecule has 2 rings (SSSR count). The summed E-state index contributed by atoms with van der Waals surface area (Å²) in [6, 6.07) is 10.3. The molecule has 0 radical (unpaired) electrons. The van der Waals surface area contributed by atoms with Crippen molar-refractivity contribution in [3.63, 3.8) is 0 Å². The number of rotatable bonds is 8. The molecule has 2 aromatic carbocycles. The second-order valence-electron chi connectivity index (χ2n) is 5.08. The minimum atomic E-state index is -0.330. The zero-order valence-corrected chi connectivity index (χ0v) is 15.2. The Hall–Kier alpha value is -3.22. The van der Waals surface area contributed by atoms with Gasteiger partial charge in [-0.1, -0.05) is 0 Å².